The van der Waals surface area contributed by atoms with Gasteiger partial charge in [0.05, 0.1) is 17.5 Å². The molecule has 1 unspecified atom stereocenters. The van der Waals surface area contributed by atoms with Crippen LogP contribution in [0.3, 0.4) is 0 Å². The summed E-state index contributed by atoms with van der Waals surface area (Å²) in [6, 6.07) is 7.87. The first-order valence-corrected chi connectivity index (χ1v) is 9.46. The zero-order chi connectivity index (χ0) is 17.3. The van der Waals surface area contributed by atoms with E-state index >= 15 is 0 Å². The smallest absolute Gasteiger partial charge is 0.250 e. The highest BCUT2D eigenvalue weighted by molar-refractivity contribution is 6.06. The van der Waals surface area contributed by atoms with Crippen LogP contribution in [0.5, 0.6) is 0 Å². The number of likely N-dealkylation sites (tertiary alicyclic amines) is 1. The van der Waals surface area contributed by atoms with Crippen molar-refractivity contribution in [1.82, 2.24) is 10.2 Å². The number of hydrogen-bond donors (Lipinski definition) is 4. The van der Waals surface area contributed by atoms with Gasteiger partial charge in [-0.2, -0.15) is 0 Å². The Labute approximate surface area is 173 Å². The molecule has 0 bridgehead atoms. The van der Waals surface area contributed by atoms with Gasteiger partial charge in [0.25, 0.3) is 0 Å². The molecule has 1 atom stereocenters. The van der Waals surface area contributed by atoms with Crippen LogP contribution in [0.15, 0.2) is 24.3 Å². The molecule has 4 N–H and O–H groups in total. The van der Waals surface area contributed by atoms with E-state index < -0.39 is 5.54 Å². The van der Waals surface area contributed by atoms with Gasteiger partial charge in [0.15, 0.2) is 0 Å². The van der Waals surface area contributed by atoms with Crippen LogP contribution in [-0.4, -0.2) is 60.3 Å². The largest absolute Gasteiger partial charge is 0.392 e. The number of piperidine rings is 2. The van der Waals surface area contributed by atoms with Gasteiger partial charge >= 0.3 is 0 Å². The second-order valence-corrected chi connectivity index (χ2v) is 7.66. The maximum Gasteiger partial charge on any atom is 0.250 e. The number of fused-ring (bicyclic) bond motifs is 1. The summed E-state index contributed by atoms with van der Waals surface area (Å²) in [7, 11) is 0. The van der Waals surface area contributed by atoms with Crippen LogP contribution in [0.25, 0.3) is 0 Å². The van der Waals surface area contributed by atoms with Gasteiger partial charge in [-0.25, -0.2) is 0 Å². The molecule has 3 aliphatic rings. The number of β-amino-alcohol motifs (C(OH)–C–C–N with tert-alkyl or cyclic N) is 1. The lowest BCUT2D eigenvalue weighted by atomic mass is 9.84. The monoisotopic (exact) mass is 416 g/mol. The number of carbonyl (C=O) groups excluding carboxylic acids is 1. The quantitative estimate of drug-likeness (QED) is 0.606. The lowest BCUT2D eigenvalue weighted by molar-refractivity contribution is -0.122. The number of benzene rings is 1. The van der Waals surface area contributed by atoms with Crippen LogP contribution in [0, 0.1) is 5.92 Å². The fourth-order valence-electron chi connectivity index (χ4n) is 4.37. The van der Waals surface area contributed by atoms with Gasteiger partial charge in [0.2, 0.25) is 5.91 Å². The predicted octanol–water partition coefficient (Wildman–Crippen LogP) is 2.09. The first-order valence-electron chi connectivity index (χ1n) is 9.46. The molecule has 3 heterocycles. The number of aliphatic hydroxyl groups is 1. The molecule has 4 rings (SSSR count). The first kappa shape index (κ1) is 22.2. The third-order valence-electron chi connectivity index (χ3n) is 6.07. The zero-order valence-corrected chi connectivity index (χ0v) is 17.1. The Bertz CT molecular complexity index is 632. The number of halogens is 2. The minimum atomic E-state index is -0.509. The Morgan fingerprint density at radius 2 is 1.74 bits per heavy atom. The number of nitrogens with zero attached hydrogens (tertiary/aromatic N) is 1. The molecule has 8 heteroatoms. The molecule has 1 spiro atoms. The van der Waals surface area contributed by atoms with E-state index in [0.717, 1.165) is 69.8 Å². The normalized spacial score (nSPS) is 23.2. The molecule has 0 saturated carbocycles. The summed E-state index contributed by atoms with van der Waals surface area (Å²) in [6.45, 7) is 4.41. The fraction of sp³-hybridized carbons (Fsp3) is 0.632. The molecule has 1 amide bonds. The van der Waals surface area contributed by atoms with Crippen molar-refractivity contribution in [2.75, 3.05) is 43.4 Å². The van der Waals surface area contributed by atoms with Crippen LogP contribution >= 0.6 is 24.8 Å². The van der Waals surface area contributed by atoms with Gasteiger partial charge < -0.3 is 26.0 Å². The Hall–Kier alpha value is -1.05. The predicted molar refractivity (Wildman–Crippen MR) is 113 cm³/mol. The standard InChI is InChI=1S/C19H28N4O2.2ClH/c24-17(14-5-9-20-10-6-14)13-23-11-7-19(8-12-23)18(25)21-15-3-1-2-4-16(15)22-19;;/h1-4,14,17,20,22,24H,5-13H2,(H,21,25);2*1H. The Kier molecular flexibility index (Phi) is 7.77. The molecule has 2 fully saturated rings. The number of hydrogen-bond acceptors (Lipinski definition) is 5. The maximum absolute atomic E-state index is 12.7. The first-order chi connectivity index (χ1) is 12.2. The minimum absolute atomic E-state index is 0. The zero-order valence-electron chi connectivity index (χ0n) is 15.4. The molecule has 2 saturated heterocycles. The highest BCUT2D eigenvalue weighted by Crippen LogP contribution is 2.36. The number of para-hydroxylation sites is 2. The van der Waals surface area contributed by atoms with Gasteiger partial charge in [-0.05, 0) is 56.8 Å². The topological polar surface area (TPSA) is 76.6 Å². The van der Waals surface area contributed by atoms with Gasteiger partial charge in [0, 0.05) is 19.6 Å². The third kappa shape index (κ3) is 4.69. The van der Waals surface area contributed by atoms with Crippen molar-refractivity contribution in [1.29, 1.82) is 0 Å². The van der Waals surface area contributed by atoms with Crippen molar-refractivity contribution < 1.29 is 9.90 Å². The molecule has 152 valence electrons. The third-order valence-corrected chi connectivity index (χ3v) is 6.07. The molecule has 3 aliphatic heterocycles. The molecule has 27 heavy (non-hydrogen) atoms. The molecule has 6 nitrogen and oxygen atoms in total. The number of rotatable bonds is 3. The van der Waals surface area contributed by atoms with Gasteiger partial charge in [-0.15, -0.1) is 24.8 Å². The van der Waals surface area contributed by atoms with E-state index in [2.05, 4.69) is 20.9 Å². The van der Waals surface area contributed by atoms with E-state index in [1.165, 1.54) is 0 Å². The van der Waals surface area contributed by atoms with Crippen molar-refractivity contribution in [2.24, 2.45) is 5.92 Å². The van der Waals surface area contributed by atoms with Crippen molar-refractivity contribution in [2.45, 2.75) is 37.3 Å². The van der Waals surface area contributed by atoms with E-state index in [0.29, 0.717) is 5.92 Å². The summed E-state index contributed by atoms with van der Waals surface area (Å²) in [5.41, 5.74) is 1.36. The molecule has 0 aromatic heterocycles. The summed E-state index contributed by atoms with van der Waals surface area (Å²) < 4.78 is 0. The molecule has 1 aromatic carbocycles. The van der Waals surface area contributed by atoms with Crippen LogP contribution in [0.1, 0.15) is 25.7 Å². The number of aliphatic hydroxyl groups excluding tert-OH is 1. The number of amides is 1. The molecular weight excluding hydrogens is 387 g/mol. The second-order valence-electron chi connectivity index (χ2n) is 7.66. The average molecular weight is 417 g/mol. The van der Waals surface area contributed by atoms with Crippen LogP contribution < -0.4 is 16.0 Å². The maximum atomic E-state index is 12.7. The average Bonchev–Trinajstić information content (AvgIpc) is 2.65. The number of carbonyl (C=O) groups is 1. The Morgan fingerprint density at radius 3 is 2.41 bits per heavy atom. The lowest BCUT2D eigenvalue weighted by Gasteiger charge is -2.45. The van der Waals surface area contributed by atoms with Crippen LogP contribution in [0.2, 0.25) is 0 Å². The summed E-state index contributed by atoms with van der Waals surface area (Å²) in [5.74, 6) is 0.477. The van der Waals surface area contributed by atoms with Crippen molar-refractivity contribution in [3.05, 3.63) is 24.3 Å². The van der Waals surface area contributed by atoms with E-state index in [4.69, 9.17) is 0 Å². The van der Waals surface area contributed by atoms with E-state index in [9.17, 15) is 9.90 Å². The minimum Gasteiger partial charge on any atom is -0.392 e. The highest BCUT2D eigenvalue weighted by Gasteiger charge is 2.44. The summed E-state index contributed by atoms with van der Waals surface area (Å²) in [5, 5.41) is 20.4. The van der Waals surface area contributed by atoms with E-state index in [1.54, 1.807) is 0 Å². The van der Waals surface area contributed by atoms with E-state index in [-0.39, 0.29) is 36.8 Å². The van der Waals surface area contributed by atoms with Crippen LogP contribution in [0.4, 0.5) is 11.4 Å². The van der Waals surface area contributed by atoms with Gasteiger partial charge in [0.1, 0.15) is 5.54 Å². The number of nitrogens with one attached hydrogen (secondary N) is 3. The summed E-state index contributed by atoms with van der Waals surface area (Å²) >= 11 is 0. The lowest BCUT2D eigenvalue weighted by Crippen LogP contribution is -2.59. The number of anilines is 2. The second kappa shape index (κ2) is 9.43. The van der Waals surface area contributed by atoms with Crippen molar-refractivity contribution in [3.63, 3.8) is 0 Å². The van der Waals surface area contributed by atoms with Gasteiger partial charge in [-0.1, -0.05) is 12.1 Å². The summed E-state index contributed by atoms with van der Waals surface area (Å²) in [6.07, 6.45) is 3.39. The Morgan fingerprint density at radius 1 is 1.11 bits per heavy atom. The summed E-state index contributed by atoms with van der Waals surface area (Å²) in [4.78, 5) is 15.0. The van der Waals surface area contributed by atoms with E-state index in [1.807, 2.05) is 24.3 Å². The van der Waals surface area contributed by atoms with Crippen LogP contribution in [-0.2, 0) is 4.79 Å². The molecule has 0 aliphatic carbocycles. The van der Waals surface area contributed by atoms with Crippen molar-refractivity contribution in [3.8, 4) is 0 Å². The van der Waals surface area contributed by atoms with Crippen molar-refractivity contribution >= 4 is 42.1 Å². The molecule has 0 radical (unpaired) electrons. The molecular formula is C19H30Cl2N4O2. The molecule has 1 aromatic rings. The SMILES string of the molecule is Cl.Cl.O=C1Nc2ccccc2NC12CCN(CC(O)C1CCNCC1)CC2. The highest BCUT2D eigenvalue weighted by atomic mass is 35.5. The van der Waals surface area contributed by atoms with Gasteiger partial charge in [-0.3, -0.25) is 4.79 Å². The fourth-order valence-corrected chi connectivity index (χ4v) is 4.37. The Balaban J connectivity index is 0.00000131.